The Hall–Kier alpha value is -2.33. The molecule has 21 heavy (non-hydrogen) atoms. The maximum atomic E-state index is 11.2. The third-order valence-corrected chi connectivity index (χ3v) is 4.26. The maximum absolute atomic E-state index is 11.2. The van der Waals surface area contributed by atoms with Crippen molar-refractivity contribution in [3.05, 3.63) is 70.2 Å². The van der Waals surface area contributed by atoms with Crippen molar-refractivity contribution in [1.29, 1.82) is 0 Å². The van der Waals surface area contributed by atoms with Crippen LogP contribution in [-0.4, -0.2) is 10.1 Å². The fourth-order valence-electron chi connectivity index (χ4n) is 3.04. The van der Waals surface area contributed by atoms with Crippen LogP contribution in [0.5, 0.6) is 0 Å². The van der Waals surface area contributed by atoms with Crippen LogP contribution in [0, 0.1) is 5.92 Å². The summed E-state index contributed by atoms with van der Waals surface area (Å²) in [7, 11) is 0. The number of aliphatic hydroxyl groups is 1. The highest BCUT2D eigenvalue weighted by molar-refractivity contribution is 5.72. The van der Waals surface area contributed by atoms with Crippen LogP contribution in [0.25, 0.3) is 11.1 Å². The van der Waals surface area contributed by atoms with E-state index in [-0.39, 0.29) is 5.92 Å². The first-order valence-corrected chi connectivity index (χ1v) is 7.08. The summed E-state index contributed by atoms with van der Waals surface area (Å²) < 4.78 is 5.05. The number of hydrogen-bond acceptors (Lipinski definition) is 3. The van der Waals surface area contributed by atoms with Gasteiger partial charge in [0.1, 0.15) is 0 Å². The van der Waals surface area contributed by atoms with Gasteiger partial charge in [0.25, 0.3) is 0 Å². The lowest BCUT2D eigenvalue weighted by atomic mass is 10.0. The lowest BCUT2D eigenvalue weighted by Crippen LogP contribution is -2.01. The van der Waals surface area contributed by atoms with Crippen LogP contribution in [0.15, 0.2) is 57.7 Å². The number of rotatable bonds is 3. The van der Waals surface area contributed by atoms with Crippen LogP contribution in [0.1, 0.15) is 29.6 Å². The summed E-state index contributed by atoms with van der Waals surface area (Å²) in [6.07, 6.45) is 0.458. The Morgan fingerprint density at radius 1 is 1.19 bits per heavy atom. The van der Waals surface area contributed by atoms with Crippen molar-refractivity contribution < 1.29 is 9.52 Å². The average Bonchev–Trinajstić information content (AvgIpc) is 3.22. The van der Waals surface area contributed by atoms with Crippen LogP contribution in [0.2, 0.25) is 0 Å². The van der Waals surface area contributed by atoms with Crippen molar-refractivity contribution in [2.45, 2.75) is 18.4 Å². The molecule has 0 spiro atoms. The number of aliphatic hydroxyl groups excluding tert-OH is 1. The predicted octanol–water partition coefficient (Wildman–Crippen LogP) is 2.96. The highest BCUT2D eigenvalue weighted by Crippen LogP contribution is 2.54. The molecule has 3 unspecified atom stereocenters. The second-order valence-electron chi connectivity index (χ2n) is 5.63. The second kappa shape index (κ2) is 4.60. The second-order valence-corrected chi connectivity index (χ2v) is 5.63. The normalized spacial score (nSPS) is 22.3. The summed E-state index contributed by atoms with van der Waals surface area (Å²) in [6.45, 7) is 0. The van der Waals surface area contributed by atoms with Crippen LogP contribution in [0.3, 0.4) is 0 Å². The molecule has 1 aliphatic rings. The number of nitrogens with one attached hydrogen (secondary N) is 1. The molecule has 1 aromatic heterocycles. The van der Waals surface area contributed by atoms with Crippen molar-refractivity contribution in [2.24, 2.45) is 5.92 Å². The maximum Gasteiger partial charge on any atom is 0.417 e. The minimum atomic E-state index is -0.528. The third kappa shape index (κ3) is 2.17. The molecule has 0 aliphatic heterocycles. The van der Waals surface area contributed by atoms with Crippen LogP contribution >= 0.6 is 0 Å². The van der Waals surface area contributed by atoms with E-state index in [0.29, 0.717) is 17.0 Å². The van der Waals surface area contributed by atoms with Crippen LogP contribution < -0.4 is 5.76 Å². The molecule has 2 aromatic carbocycles. The first kappa shape index (κ1) is 12.4. The molecular formula is C17H15NO3. The van der Waals surface area contributed by atoms with E-state index in [9.17, 15) is 9.90 Å². The van der Waals surface area contributed by atoms with Gasteiger partial charge in [-0.05, 0) is 41.5 Å². The summed E-state index contributed by atoms with van der Waals surface area (Å²) in [5.41, 5.74) is 3.23. The van der Waals surface area contributed by atoms with Crippen molar-refractivity contribution >= 4 is 11.1 Å². The topological polar surface area (TPSA) is 66.2 Å². The molecule has 0 radical (unpaired) electrons. The average molecular weight is 281 g/mol. The Labute approximate surface area is 121 Å². The molecule has 4 heteroatoms. The van der Waals surface area contributed by atoms with E-state index in [1.54, 1.807) is 12.1 Å². The largest absolute Gasteiger partial charge is 0.417 e. The lowest BCUT2D eigenvalue weighted by molar-refractivity contribution is 0.151. The highest BCUT2D eigenvalue weighted by atomic mass is 16.4. The third-order valence-electron chi connectivity index (χ3n) is 4.26. The summed E-state index contributed by atoms with van der Waals surface area (Å²) in [4.78, 5) is 13.8. The molecule has 0 bridgehead atoms. The van der Waals surface area contributed by atoms with E-state index in [2.05, 4.69) is 17.1 Å². The predicted molar refractivity (Wildman–Crippen MR) is 79.1 cm³/mol. The quantitative estimate of drug-likeness (QED) is 0.775. The number of fused-ring (bicyclic) bond motifs is 1. The van der Waals surface area contributed by atoms with E-state index in [1.807, 2.05) is 24.3 Å². The molecular weight excluding hydrogens is 266 g/mol. The smallest absolute Gasteiger partial charge is 0.408 e. The Morgan fingerprint density at radius 2 is 2.00 bits per heavy atom. The molecule has 0 amide bonds. The summed E-state index contributed by atoms with van der Waals surface area (Å²) in [6, 6.07) is 15.6. The van der Waals surface area contributed by atoms with E-state index >= 15 is 0 Å². The molecule has 106 valence electrons. The van der Waals surface area contributed by atoms with Gasteiger partial charge in [0.05, 0.1) is 11.6 Å². The number of benzene rings is 2. The number of H-pyrrole nitrogens is 1. The minimum absolute atomic E-state index is 0.232. The zero-order chi connectivity index (χ0) is 14.4. The fraction of sp³-hybridized carbons (Fsp3) is 0.235. The molecule has 0 saturated heterocycles. The summed E-state index contributed by atoms with van der Waals surface area (Å²) in [5.74, 6) is 0.177. The van der Waals surface area contributed by atoms with Gasteiger partial charge in [-0.15, -0.1) is 0 Å². The molecule has 1 saturated carbocycles. The van der Waals surface area contributed by atoms with Gasteiger partial charge in [-0.25, -0.2) is 4.79 Å². The Balaban J connectivity index is 1.59. The molecule has 1 fully saturated rings. The molecule has 3 aromatic rings. The Kier molecular flexibility index (Phi) is 2.72. The van der Waals surface area contributed by atoms with Gasteiger partial charge in [0.2, 0.25) is 0 Å². The van der Waals surface area contributed by atoms with Gasteiger partial charge in [-0.1, -0.05) is 36.4 Å². The summed E-state index contributed by atoms with van der Waals surface area (Å²) in [5, 5.41) is 10.5. The standard InChI is InChI=1S/C17H15NO3/c19-16(13-9-12(13)10-4-2-1-3-5-10)11-6-7-14-15(8-11)21-17(20)18-14/h1-8,12-13,16,19H,9H2,(H,18,20). The van der Waals surface area contributed by atoms with Gasteiger partial charge in [-0.2, -0.15) is 0 Å². The SMILES string of the molecule is O=c1[nH]c2ccc(C(O)C3CC3c3ccccc3)cc2o1. The van der Waals surface area contributed by atoms with Crippen molar-refractivity contribution in [3.63, 3.8) is 0 Å². The number of aromatic nitrogens is 1. The van der Waals surface area contributed by atoms with E-state index < -0.39 is 11.9 Å². The van der Waals surface area contributed by atoms with Crippen molar-refractivity contribution in [2.75, 3.05) is 0 Å². The van der Waals surface area contributed by atoms with Crippen molar-refractivity contribution in [3.8, 4) is 0 Å². The van der Waals surface area contributed by atoms with E-state index in [1.165, 1.54) is 5.56 Å². The van der Waals surface area contributed by atoms with Crippen LogP contribution in [0.4, 0.5) is 0 Å². The number of aromatic amines is 1. The van der Waals surface area contributed by atoms with Crippen LogP contribution in [-0.2, 0) is 0 Å². The molecule has 2 N–H and O–H groups in total. The van der Waals surface area contributed by atoms with E-state index in [0.717, 1.165) is 12.0 Å². The fourth-order valence-corrected chi connectivity index (χ4v) is 3.04. The van der Waals surface area contributed by atoms with Gasteiger partial charge in [0.15, 0.2) is 5.58 Å². The minimum Gasteiger partial charge on any atom is -0.408 e. The molecule has 1 aliphatic carbocycles. The zero-order valence-electron chi connectivity index (χ0n) is 11.3. The van der Waals surface area contributed by atoms with Crippen molar-refractivity contribution in [1.82, 2.24) is 4.98 Å². The summed E-state index contributed by atoms with van der Waals surface area (Å²) >= 11 is 0. The zero-order valence-corrected chi connectivity index (χ0v) is 11.3. The van der Waals surface area contributed by atoms with E-state index in [4.69, 9.17) is 4.42 Å². The first-order chi connectivity index (χ1) is 10.2. The van der Waals surface area contributed by atoms with Gasteiger partial charge in [0, 0.05) is 0 Å². The highest BCUT2D eigenvalue weighted by Gasteiger charge is 2.43. The Bertz CT molecular complexity index is 834. The number of hydrogen-bond donors (Lipinski definition) is 2. The molecule has 1 heterocycles. The van der Waals surface area contributed by atoms with Gasteiger partial charge in [-0.3, -0.25) is 4.98 Å². The number of oxazole rings is 1. The Morgan fingerprint density at radius 3 is 2.81 bits per heavy atom. The molecule has 3 atom stereocenters. The molecule has 4 nitrogen and oxygen atoms in total. The van der Waals surface area contributed by atoms with Gasteiger partial charge < -0.3 is 9.52 Å². The first-order valence-electron chi connectivity index (χ1n) is 7.08. The molecule has 4 rings (SSSR count). The van der Waals surface area contributed by atoms with Gasteiger partial charge >= 0.3 is 5.76 Å². The monoisotopic (exact) mass is 281 g/mol. The lowest BCUT2D eigenvalue weighted by Gasteiger charge is -2.10.